The number of carboxylic acids is 1. The van der Waals surface area contributed by atoms with Gasteiger partial charge in [0.1, 0.15) is 0 Å². The number of hydrogen-bond acceptors (Lipinski definition) is 2. The second-order valence-corrected chi connectivity index (χ2v) is 2.65. The Bertz CT molecular complexity index is 112. The molecule has 1 N–H and O–H groups in total. The van der Waals surface area contributed by atoms with Gasteiger partial charge in [0.05, 0.1) is 0 Å². The summed E-state index contributed by atoms with van der Waals surface area (Å²) in [6, 6.07) is 0. The maximum absolute atomic E-state index is 10.3. The lowest BCUT2D eigenvalue weighted by atomic mass is 9.99. The topological polar surface area (TPSA) is 46.5 Å². The van der Waals surface area contributed by atoms with Crippen molar-refractivity contribution in [3.05, 3.63) is 0 Å². The molecule has 0 aromatic rings. The monoisotopic (exact) mass is 160 g/mol. The van der Waals surface area contributed by atoms with Crippen molar-refractivity contribution in [3.8, 4) is 0 Å². The maximum atomic E-state index is 10.3. The Balaban J connectivity index is 3.49. The summed E-state index contributed by atoms with van der Waals surface area (Å²) in [5.74, 6) is -0.444. The number of ether oxygens (including phenoxy) is 1. The van der Waals surface area contributed by atoms with Crippen LogP contribution in [0.4, 0.5) is 0 Å². The first-order chi connectivity index (χ1) is 5.20. The Morgan fingerprint density at radius 2 is 2.27 bits per heavy atom. The molecule has 66 valence electrons. The normalized spacial score (nSPS) is 12.9. The van der Waals surface area contributed by atoms with Crippen molar-refractivity contribution in [2.45, 2.75) is 26.2 Å². The summed E-state index contributed by atoms with van der Waals surface area (Å²) in [7, 11) is 1.63. The van der Waals surface area contributed by atoms with Crippen molar-refractivity contribution in [1.82, 2.24) is 0 Å². The van der Waals surface area contributed by atoms with Crippen molar-refractivity contribution in [1.29, 1.82) is 0 Å². The highest BCUT2D eigenvalue weighted by Gasteiger charge is 2.09. The first-order valence-electron chi connectivity index (χ1n) is 3.91. The molecule has 0 bridgehead atoms. The molecule has 11 heavy (non-hydrogen) atoms. The van der Waals surface area contributed by atoms with Gasteiger partial charge in [-0.1, -0.05) is 13.3 Å². The number of aliphatic carboxylic acids is 1. The van der Waals surface area contributed by atoms with E-state index in [0.717, 1.165) is 12.8 Å². The minimum absolute atomic E-state index is 0.264. The molecule has 3 heteroatoms. The zero-order valence-electron chi connectivity index (χ0n) is 7.17. The molecule has 0 aliphatic rings. The Hall–Kier alpha value is -0.570. The molecule has 0 aromatic carbocycles. The van der Waals surface area contributed by atoms with E-state index >= 15 is 0 Å². The Morgan fingerprint density at radius 1 is 1.64 bits per heavy atom. The summed E-state index contributed by atoms with van der Waals surface area (Å²) in [4.78, 5) is 10.3. The molecule has 0 amide bonds. The Morgan fingerprint density at radius 3 is 2.64 bits per heavy atom. The van der Waals surface area contributed by atoms with E-state index in [2.05, 4.69) is 0 Å². The van der Waals surface area contributed by atoms with Gasteiger partial charge in [-0.15, -0.1) is 0 Å². The third-order valence-corrected chi connectivity index (χ3v) is 1.77. The predicted molar refractivity (Wildman–Crippen MR) is 42.5 cm³/mol. The molecule has 3 nitrogen and oxygen atoms in total. The SMILES string of the molecule is CC[C@@H](CCOC)CC(=O)O. The third-order valence-electron chi connectivity index (χ3n) is 1.77. The fourth-order valence-corrected chi connectivity index (χ4v) is 0.982. The van der Waals surface area contributed by atoms with Crippen LogP contribution in [0.1, 0.15) is 26.2 Å². The van der Waals surface area contributed by atoms with Gasteiger partial charge in [-0.25, -0.2) is 0 Å². The van der Waals surface area contributed by atoms with E-state index in [1.807, 2.05) is 6.92 Å². The van der Waals surface area contributed by atoms with Gasteiger partial charge in [0, 0.05) is 20.1 Å². The van der Waals surface area contributed by atoms with E-state index in [1.165, 1.54) is 0 Å². The fourth-order valence-electron chi connectivity index (χ4n) is 0.982. The highest BCUT2D eigenvalue weighted by atomic mass is 16.5. The molecular weight excluding hydrogens is 144 g/mol. The van der Waals surface area contributed by atoms with E-state index in [0.29, 0.717) is 6.61 Å². The minimum Gasteiger partial charge on any atom is -0.481 e. The summed E-state index contributed by atoms with van der Waals surface area (Å²) >= 11 is 0. The smallest absolute Gasteiger partial charge is 0.303 e. The van der Waals surface area contributed by atoms with Gasteiger partial charge in [-0.3, -0.25) is 4.79 Å². The molecule has 0 spiro atoms. The number of methoxy groups -OCH3 is 1. The van der Waals surface area contributed by atoms with Gasteiger partial charge < -0.3 is 9.84 Å². The van der Waals surface area contributed by atoms with Crippen LogP contribution in [-0.4, -0.2) is 24.8 Å². The lowest BCUT2D eigenvalue weighted by Crippen LogP contribution is -2.09. The second-order valence-electron chi connectivity index (χ2n) is 2.65. The van der Waals surface area contributed by atoms with Crippen LogP contribution in [0.15, 0.2) is 0 Å². The molecule has 0 fully saturated rings. The van der Waals surface area contributed by atoms with Crippen LogP contribution in [0.25, 0.3) is 0 Å². The van der Waals surface area contributed by atoms with Crippen LogP contribution >= 0.6 is 0 Å². The average molecular weight is 160 g/mol. The molecule has 0 heterocycles. The van der Waals surface area contributed by atoms with Gasteiger partial charge in [0.2, 0.25) is 0 Å². The Kier molecular flexibility index (Phi) is 5.84. The number of carbonyl (C=O) groups is 1. The summed E-state index contributed by atoms with van der Waals surface area (Å²) < 4.78 is 4.86. The summed E-state index contributed by atoms with van der Waals surface area (Å²) in [6.07, 6.45) is 2.02. The van der Waals surface area contributed by atoms with Gasteiger partial charge in [0.25, 0.3) is 0 Å². The molecule has 0 rings (SSSR count). The third kappa shape index (κ3) is 5.85. The summed E-state index contributed by atoms with van der Waals surface area (Å²) in [5, 5.41) is 8.47. The predicted octanol–water partition coefficient (Wildman–Crippen LogP) is 1.52. The average Bonchev–Trinajstić information content (AvgIpc) is 1.97. The number of hydrogen-bond donors (Lipinski definition) is 1. The van der Waals surface area contributed by atoms with Crippen LogP contribution in [0.3, 0.4) is 0 Å². The fraction of sp³-hybridized carbons (Fsp3) is 0.875. The molecule has 0 saturated carbocycles. The number of rotatable bonds is 6. The first kappa shape index (κ1) is 10.4. The summed E-state index contributed by atoms with van der Waals surface area (Å²) in [6.45, 7) is 2.66. The van der Waals surface area contributed by atoms with Crippen LogP contribution in [0, 0.1) is 5.92 Å². The second kappa shape index (κ2) is 6.16. The Labute approximate surface area is 67.4 Å². The highest BCUT2D eigenvalue weighted by molar-refractivity contribution is 5.66. The van der Waals surface area contributed by atoms with Crippen LogP contribution in [0.5, 0.6) is 0 Å². The van der Waals surface area contributed by atoms with Crippen molar-refractivity contribution in [2.24, 2.45) is 5.92 Å². The largest absolute Gasteiger partial charge is 0.481 e. The van der Waals surface area contributed by atoms with E-state index in [9.17, 15) is 4.79 Å². The van der Waals surface area contributed by atoms with E-state index in [-0.39, 0.29) is 12.3 Å². The van der Waals surface area contributed by atoms with Gasteiger partial charge in [-0.05, 0) is 12.3 Å². The standard InChI is InChI=1S/C8H16O3/c1-3-7(4-5-11-2)6-8(9)10/h7H,3-6H2,1-2H3,(H,9,10)/t7-/m0/s1. The van der Waals surface area contributed by atoms with Crippen LogP contribution < -0.4 is 0 Å². The molecule has 1 atom stereocenters. The maximum Gasteiger partial charge on any atom is 0.303 e. The van der Waals surface area contributed by atoms with Crippen molar-refractivity contribution < 1.29 is 14.6 Å². The summed E-state index contributed by atoms with van der Waals surface area (Å²) in [5.41, 5.74) is 0. The van der Waals surface area contributed by atoms with Gasteiger partial charge in [-0.2, -0.15) is 0 Å². The van der Waals surface area contributed by atoms with Crippen molar-refractivity contribution in [2.75, 3.05) is 13.7 Å². The zero-order chi connectivity index (χ0) is 8.69. The quantitative estimate of drug-likeness (QED) is 0.640. The van der Waals surface area contributed by atoms with Gasteiger partial charge >= 0.3 is 5.97 Å². The van der Waals surface area contributed by atoms with Crippen molar-refractivity contribution >= 4 is 5.97 Å². The lowest BCUT2D eigenvalue weighted by molar-refractivity contribution is -0.138. The van der Waals surface area contributed by atoms with Gasteiger partial charge in [0.15, 0.2) is 0 Å². The zero-order valence-corrected chi connectivity index (χ0v) is 7.17. The lowest BCUT2D eigenvalue weighted by Gasteiger charge is -2.10. The van der Waals surface area contributed by atoms with E-state index in [4.69, 9.17) is 9.84 Å². The van der Waals surface area contributed by atoms with Crippen LogP contribution in [-0.2, 0) is 9.53 Å². The first-order valence-corrected chi connectivity index (χ1v) is 3.91. The van der Waals surface area contributed by atoms with Crippen molar-refractivity contribution in [3.63, 3.8) is 0 Å². The molecule has 0 saturated heterocycles. The molecular formula is C8H16O3. The highest BCUT2D eigenvalue weighted by Crippen LogP contribution is 2.12. The molecule has 0 aromatic heterocycles. The molecule has 0 aliphatic carbocycles. The number of carboxylic acid groups (broad SMARTS) is 1. The molecule has 0 unspecified atom stereocenters. The minimum atomic E-state index is -0.715. The van der Waals surface area contributed by atoms with E-state index in [1.54, 1.807) is 7.11 Å². The van der Waals surface area contributed by atoms with E-state index < -0.39 is 5.97 Å². The van der Waals surface area contributed by atoms with Crippen LogP contribution in [0.2, 0.25) is 0 Å². The molecule has 0 aliphatic heterocycles. The molecule has 0 radical (unpaired) electrons.